The number of carbonyl (C=O) groups excluding carboxylic acids is 1. The second-order valence-electron chi connectivity index (χ2n) is 10.8. The Labute approximate surface area is 248 Å². The zero-order valence-corrected chi connectivity index (χ0v) is 25.6. The first-order valence-corrected chi connectivity index (χ1v) is 15.8. The second-order valence-corrected chi connectivity index (χ2v) is 13.0. The number of sulfonamides is 1. The number of aromatic nitrogens is 5. The minimum absolute atomic E-state index is 0.0391. The van der Waals surface area contributed by atoms with Gasteiger partial charge in [-0.05, 0) is 50.5 Å². The first-order chi connectivity index (χ1) is 19.8. The fraction of sp³-hybridized carbons (Fsp3) is 0.393. The monoisotopic (exact) mass is 612 g/mol. The number of piperidine rings is 1. The number of rotatable bonds is 7. The molecule has 42 heavy (non-hydrogen) atoms. The highest BCUT2D eigenvalue weighted by molar-refractivity contribution is 7.89. The molecule has 0 radical (unpaired) electrons. The first-order valence-electron chi connectivity index (χ1n) is 13.5. The third-order valence-corrected chi connectivity index (χ3v) is 8.26. The molecule has 0 aliphatic carbocycles. The Bertz CT molecular complexity index is 1840. The van der Waals surface area contributed by atoms with Crippen molar-refractivity contribution < 1.29 is 13.2 Å². The molecule has 1 aliphatic heterocycles. The van der Waals surface area contributed by atoms with Crippen LogP contribution in [0.15, 0.2) is 41.5 Å². The van der Waals surface area contributed by atoms with Crippen LogP contribution in [-0.2, 0) is 24.1 Å². The molecule has 0 spiro atoms. The molecule has 4 aromatic rings. The van der Waals surface area contributed by atoms with E-state index in [0.29, 0.717) is 10.9 Å². The van der Waals surface area contributed by atoms with Gasteiger partial charge in [0.1, 0.15) is 11.0 Å². The summed E-state index contributed by atoms with van der Waals surface area (Å²) in [6.07, 6.45) is 6.42. The van der Waals surface area contributed by atoms with Gasteiger partial charge in [0.15, 0.2) is 5.69 Å². The molecule has 1 aliphatic rings. The van der Waals surface area contributed by atoms with E-state index in [1.807, 2.05) is 50.1 Å². The summed E-state index contributed by atoms with van der Waals surface area (Å²) in [5, 5.41) is 8.08. The van der Waals surface area contributed by atoms with Crippen molar-refractivity contribution in [3.8, 4) is 0 Å². The molecule has 222 valence electrons. The summed E-state index contributed by atoms with van der Waals surface area (Å²) in [4.78, 5) is 37.8. The number of halogens is 1. The summed E-state index contributed by atoms with van der Waals surface area (Å²) < 4.78 is 28.8. The lowest BCUT2D eigenvalue weighted by Gasteiger charge is -2.33. The fourth-order valence-electron chi connectivity index (χ4n) is 5.48. The van der Waals surface area contributed by atoms with Gasteiger partial charge < -0.3 is 10.2 Å². The number of hydrogen-bond acceptors (Lipinski definition) is 9. The van der Waals surface area contributed by atoms with Crippen LogP contribution in [-0.4, -0.2) is 58.0 Å². The summed E-state index contributed by atoms with van der Waals surface area (Å²) in [5.41, 5.74) is 3.31. The van der Waals surface area contributed by atoms with Crippen LogP contribution in [0.25, 0.3) is 10.9 Å². The van der Waals surface area contributed by atoms with Crippen molar-refractivity contribution in [3.05, 3.63) is 74.8 Å². The zero-order chi connectivity index (χ0) is 30.3. The van der Waals surface area contributed by atoms with Gasteiger partial charge >= 0.3 is 0 Å². The average molecular weight is 613 g/mol. The van der Waals surface area contributed by atoms with Crippen LogP contribution in [0.3, 0.4) is 0 Å². The topological polar surface area (TPSA) is 144 Å². The molecule has 1 atom stereocenters. The van der Waals surface area contributed by atoms with Crippen LogP contribution < -0.4 is 20.5 Å². The van der Waals surface area contributed by atoms with Gasteiger partial charge in [-0.1, -0.05) is 17.7 Å². The number of carbonyl (C=O) groups is 1. The lowest BCUT2D eigenvalue weighted by molar-refractivity contribution is 0.0977. The molecule has 1 amide bonds. The smallest absolute Gasteiger partial charge is 0.285 e. The summed E-state index contributed by atoms with van der Waals surface area (Å²) in [5.74, 6) is -0.0723. The number of hydrogen-bond donors (Lipinski definition) is 2. The number of pyridine rings is 1. The number of fused-ring (bicyclic) bond motifs is 1. The SMILES string of the molecule is Cc1cc([C@@H](C)Nc2ccc(Cl)nc2C(=O)NS(C)(=O)=O)c2nc(C3CCN(c4cnn(C)c4)CC3)n(C)c(=O)c2c1. The van der Waals surface area contributed by atoms with E-state index in [4.69, 9.17) is 16.6 Å². The molecule has 4 heterocycles. The van der Waals surface area contributed by atoms with E-state index >= 15 is 0 Å². The van der Waals surface area contributed by atoms with E-state index in [2.05, 4.69) is 20.3 Å². The van der Waals surface area contributed by atoms with Gasteiger partial charge in [-0.15, -0.1) is 0 Å². The summed E-state index contributed by atoms with van der Waals surface area (Å²) in [7, 11) is -0.155. The van der Waals surface area contributed by atoms with Gasteiger partial charge in [-0.3, -0.25) is 18.8 Å². The van der Waals surface area contributed by atoms with Crippen molar-refractivity contribution in [2.24, 2.45) is 14.1 Å². The molecule has 1 aromatic carbocycles. The Hall–Kier alpha value is -3.97. The maximum Gasteiger partial charge on any atom is 0.285 e. The van der Waals surface area contributed by atoms with Crippen LogP contribution >= 0.6 is 11.6 Å². The molecule has 12 nitrogen and oxygen atoms in total. The summed E-state index contributed by atoms with van der Waals surface area (Å²) in [6.45, 7) is 5.44. The summed E-state index contributed by atoms with van der Waals surface area (Å²) in [6, 6.07) is 6.44. The van der Waals surface area contributed by atoms with E-state index in [9.17, 15) is 18.0 Å². The standard InChI is InChI=1S/C28H33ClN8O4S/c1-16-12-20(17(2)31-22-6-7-23(29)32-25(22)27(38)34-42(5,40)41)24-21(13-16)28(39)36(4)26(33-24)18-8-10-37(11-9-18)19-14-30-35(3)15-19/h6-7,12-15,17-18,31H,8-11H2,1-5H3,(H,34,38)/t17-/m1/s1. The van der Waals surface area contributed by atoms with Gasteiger partial charge in [0.2, 0.25) is 10.0 Å². The highest BCUT2D eigenvalue weighted by atomic mass is 35.5. The molecule has 14 heteroatoms. The van der Waals surface area contributed by atoms with E-state index in [1.54, 1.807) is 22.4 Å². The van der Waals surface area contributed by atoms with Crippen molar-refractivity contribution >= 4 is 49.8 Å². The predicted octanol–water partition coefficient (Wildman–Crippen LogP) is 3.27. The van der Waals surface area contributed by atoms with Crippen LogP contribution in [0.1, 0.15) is 59.2 Å². The number of nitrogens with zero attached hydrogens (tertiary/aromatic N) is 6. The number of aryl methyl sites for hydroxylation is 2. The maximum absolute atomic E-state index is 13.6. The molecular formula is C28H33ClN8O4S. The molecule has 1 saturated heterocycles. The normalized spacial score (nSPS) is 15.1. The van der Waals surface area contributed by atoms with Crippen LogP contribution in [0.2, 0.25) is 5.15 Å². The molecule has 3 aromatic heterocycles. The zero-order valence-electron chi connectivity index (χ0n) is 24.0. The van der Waals surface area contributed by atoms with Crippen molar-refractivity contribution in [1.82, 2.24) is 29.0 Å². The molecule has 0 unspecified atom stereocenters. The molecule has 2 N–H and O–H groups in total. The van der Waals surface area contributed by atoms with Crippen LogP contribution in [0.4, 0.5) is 11.4 Å². The van der Waals surface area contributed by atoms with Crippen molar-refractivity contribution in [2.75, 3.05) is 29.6 Å². The number of anilines is 2. The minimum Gasteiger partial charge on any atom is -0.377 e. The molecular weight excluding hydrogens is 580 g/mol. The Morgan fingerprint density at radius 2 is 1.86 bits per heavy atom. The number of amides is 1. The lowest BCUT2D eigenvalue weighted by Crippen LogP contribution is -2.35. The Balaban J connectivity index is 1.49. The van der Waals surface area contributed by atoms with Crippen LogP contribution in [0, 0.1) is 6.92 Å². The van der Waals surface area contributed by atoms with E-state index < -0.39 is 22.0 Å². The quantitative estimate of drug-likeness (QED) is 0.300. The van der Waals surface area contributed by atoms with Gasteiger partial charge in [0.05, 0.1) is 40.8 Å². The minimum atomic E-state index is -3.82. The Morgan fingerprint density at radius 1 is 1.14 bits per heavy atom. The lowest BCUT2D eigenvalue weighted by atomic mass is 9.94. The number of nitrogens with one attached hydrogen (secondary N) is 2. The van der Waals surface area contributed by atoms with E-state index in [-0.39, 0.29) is 28.0 Å². The largest absolute Gasteiger partial charge is 0.377 e. The Kier molecular flexibility index (Phi) is 7.99. The average Bonchev–Trinajstić information content (AvgIpc) is 3.37. The highest BCUT2D eigenvalue weighted by Gasteiger charge is 2.27. The van der Waals surface area contributed by atoms with Crippen molar-refractivity contribution in [1.29, 1.82) is 0 Å². The third kappa shape index (κ3) is 6.12. The van der Waals surface area contributed by atoms with Gasteiger partial charge in [0.25, 0.3) is 11.5 Å². The van der Waals surface area contributed by atoms with Crippen LogP contribution in [0.5, 0.6) is 0 Å². The van der Waals surface area contributed by atoms with Crippen molar-refractivity contribution in [3.63, 3.8) is 0 Å². The van der Waals surface area contributed by atoms with Gasteiger partial charge in [-0.25, -0.2) is 23.1 Å². The van der Waals surface area contributed by atoms with Gasteiger partial charge in [-0.2, -0.15) is 5.10 Å². The molecule has 0 saturated carbocycles. The third-order valence-electron chi connectivity index (χ3n) is 7.50. The Morgan fingerprint density at radius 3 is 2.50 bits per heavy atom. The van der Waals surface area contributed by atoms with E-state index in [1.165, 1.54) is 6.07 Å². The maximum atomic E-state index is 13.6. The number of benzene rings is 1. The molecule has 0 bridgehead atoms. The van der Waals surface area contributed by atoms with E-state index in [0.717, 1.165) is 54.8 Å². The predicted molar refractivity (Wildman–Crippen MR) is 163 cm³/mol. The molecule has 1 fully saturated rings. The summed E-state index contributed by atoms with van der Waals surface area (Å²) >= 11 is 6.03. The second kappa shape index (κ2) is 11.4. The fourth-order valence-corrected chi connectivity index (χ4v) is 6.07. The first kappa shape index (κ1) is 29.5. The highest BCUT2D eigenvalue weighted by Crippen LogP contribution is 2.32. The van der Waals surface area contributed by atoms with Gasteiger partial charge in [0, 0.05) is 44.9 Å². The molecule has 5 rings (SSSR count). The van der Waals surface area contributed by atoms with Crippen molar-refractivity contribution in [2.45, 2.75) is 38.6 Å².